The fourth-order valence-electron chi connectivity index (χ4n) is 3.26. The maximum absolute atomic E-state index is 12.5. The number of carbonyl (C=O) groups is 2. The van der Waals surface area contributed by atoms with E-state index in [2.05, 4.69) is 27.4 Å². The van der Waals surface area contributed by atoms with Gasteiger partial charge in [-0.15, -0.1) is 0 Å². The second-order valence-corrected chi connectivity index (χ2v) is 11.8. The molecule has 0 aliphatic rings. The van der Waals surface area contributed by atoms with Crippen molar-refractivity contribution in [3.05, 3.63) is 12.2 Å². The van der Waals surface area contributed by atoms with E-state index in [0.717, 1.165) is 37.4 Å². The Balaban J connectivity index is 4.87. The molecule has 0 aromatic heterocycles. The van der Waals surface area contributed by atoms with Gasteiger partial charge in [0.2, 0.25) is 0 Å². The smallest absolute Gasteiger partial charge is 0.333 e. The Morgan fingerprint density at radius 3 is 1.63 bits per heavy atom. The summed E-state index contributed by atoms with van der Waals surface area (Å²) in [6.07, 6.45) is 10.7. The molecule has 0 saturated carbocycles. The van der Waals surface area contributed by atoms with Gasteiger partial charge in [-0.3, -0.25) is 4.79 Å². The van der Waals surface area contributed by atoms with Crippen LogP contribution in [0.5, 0.6) is 0 Å². The van der Waals surface area contributed by atoms with Crippen molar-refractivity contribution < 1.29 is 18.8 Å². The van der Waals surface area contributed by atoms with Gasteiger partial charge in [0.25, 0.3) is 14.3 Å². The van der Waals surface area contributed by atoms with E-state index in [1.807, 2.05) is 0 Å². The van der Waals surface area contributed by atoms with Gasteiger partial charge in [-0.05, 0) is 25.1 Å². The summed E-state index contributed by atoms with van der Waals surface area (Å²) >= 11 is 0. The summed E-state index contributed by atoms with van der Waals surface area (Å²) in [5.74, 6) is -0.638. The lowest BCUT2D eigenvalue weighted by Gasteiger charge is -2.31. The first kappa shape index (κ1) is 25.9. The molecule has 0 aromatic rings. The fraction of sp³-hybridized carbons (Fsp3) is 0.818. The van der Waals surface area contributed by atoms with Crippen molar-refractivity contribution in [2.75, 3.05) is 6.61 Å². The Kier molecular flexibility index (Phi) is 15.3. The molecule has 4 nitrogen and oxygen atoms in total. The largest absolute Gasteiger partial charge is 0.519 e. The summed E-state index contributed by atoms with van der Waals surface area (Å²) in [7, 11) is -2.08. The predicted molar refractivity (Wildman–Crippen MR) is 115 cm³/mol. The van der Waals surface area contributed by atoms with Crippen molar-refractivity contribution in [2.24, 2.45) is 0 Å². The standard InChI is InChI=1S/C22H42O4Si/c1-6-9-12-17-27(18-13-10-7-2,19-14-11-8-3)26-21(23)15-16-25-22(24)20(4)5/h4,6-19H2,1-3,5H3. The van der Waals surface area contributed by atoms with Gasteiger partial charge in [-0.2, -0.15) is 0 Å². The van der Waals surface area contributed by atoms with Crippen LogP contribution >= 0.6 is 0 Å². The quantitative estimate of drug-likeness (QED) is 0.121. The molecular weight excluding hydrogens is 356 g/mol. The predicted octanol–water partition coefficient (Wildman–Crippen LogP) is 6.56. The van der Waals surface area contributed by atoms with Gasteiger partial charge < -0.3 is 9.16 Å². The van der Waals surface area contributed by atoms with Crippen molar-refractivity contribution in [3.8, 4) is 0 Å². The lowest BCUT2D eigenvalue weighted by atomic mass is 10.3. The minimum absolute atomic E-state index is 0.0773. The van der Waals surface area contributed by atoms with E-state index in [4.69, 9.17) is 9.16 Å². The van der Waals surface area contributed by atoms with Crippen LogP contribution in [-0.2, 0) is 18.8 Å². The van der Waals surface area contributed by atoms with E-state index in [1.54, 1.807) is 6.92 Å². The Hall–Kier alpha value is -1.10. The molecule has 27 heavy (non-hydrogen) atoms. The Labute approximate surface area is 168 Å². The highest BCUT2D eigenvalue weighted by molar-refractivity contribution is 6.75. The minimum atomic E-state index is -2.08. The second kappa shape index (κ2) is 15.9. The molecule has 0 heterocycles. The zero-order valence-corrected chi connectivity index (χ0v) is 19.2. The van der Waals surface area contributed by atoms with Crippen molar-refractivity contribution >= 4 is 20.3 Å². The highest BCUT2D eigenvalue weighted by Crippen LogP contribution is 2.31. The molecule has 0 aromatic carbocycles. The molecule has 0 rings (SSSR count). The summed E-state index contributed by atoms with van der Waals surface area (Å²) in [5.41, 5.74) is 0.353. The van der Waals surface area contributed by atoms with Gasteiger partial charge in [-0.25, -0.2) is 4.79 Å². The highest BCUT2D eigenvalue weighted by Gasteiger charge is 2.36. The van der Waals surface area contributed by atoms with Crippen molar-refractivity contribution in [1.82, 2.24) is 0 Å². The molecule has 0 aliphatic carbocycles. The molecule has 0 amide bonds. The van der Waals surface area contributed by atoms with Crippen LogP contribution in [0.15, 0.2) is 12.2 Å². The molecule has 0 aliphatic heterocycles. The molecule has 0 bridgehead atoms. The molecular formula is C22H42O4Si. The average molecular weight is 399 g/mol. The number of carbonyl (C=O) groups excluding carboxylic acids is 2. The zero-order chi connectivity index (χ0) is 20.5. The van der Waals surface area contributed by atoms with Gasteiger partial charge in [0.1, 0.15) is 6.61 Å². The number of hydrogen-bond donors (Lipinski definition) is 0. The number of unbranched alkanes of at least 4 members (excludes halogenated alkanes) is 6. The molecule has 0 atom stereocenters. The normalized spacial score (nSPS) is 11.3. The summed E-state index contributed by atoms with van der Waals surface area (Å²) in [4.78, 5) is 24.0. The second-order valence-electron chi connectivity index (χ2n) is 7.69. The molecule has 0 unspecified atom stereocenters. The van der Waals surface area contributed by atoms with Gasteiger partial charge in [0.05, 0.1) is 6.42 Å². The molecule has 0 spiro atoms. The monoisotopic (exact) mass is 398 g/mol. The number of ether oxygens (including phenoxy) is 1. The average Bonchev–Trinajstić information content (AvgIpc) is 2.62. The molecule has 158 valence electrons. The minimum Gasteiger partial charge on any atom is -0.519 e. The lowest BCUT2D eigenvalue weighted by Crippen LogP contribution is -2.40. The van der Waals surface area contributed by atoms with Crippen LogP contribution in [-0.4, -0.2) is 26.9 Å². The van der Waals surface area contributed by atoms with Gasteiger partial charge in [0, 0.05) is 5.57 Å². The summed E-state index contributed by atoms with van der Waals surface area (Å²) in [6, 6.07) is 3.22. The maximum atomic E-state index is 12.5. The van der Waals surface area contributed by atoms with Crippen LogP contribution in [0.1, 0.15) is 91.9 Å². The van der Waals surface area contributed by atoms with Gasteiger partial charge in [0.15, 0.2) is 0 Å². The topological polar surface area (TPSA) is 52.6 Å². The molecule has 0 radical (unpaired) electrons. The third-order valence-electron chi connectivity index (χ3n) is 4.93. The number of rotatable bonds is 17. The molecule has 0 saturated heterocycles. The van der Waals surface area contributed by atoms with Crippen LogP contribution in [0.3, 0.4) is 0 Å². The van der Waals surface area contributed by atoms with Crippen molar-refractivity contribution in [2.45, 2.75) is 110 Å². The molecule has 0 fully saturated rings. The molecule has 0 N–H and O–H groups in total. The van der Waals surface area contributed by atoms with E-state index in [9.17, 15) is 9.59 Å². The van der Waals surface area contributed by atoms with Crippen molar-refractivity contribution in [3.63, 3.8) is 0 Å². The van der Waals surface area contributed by atoms with E-state index >= 15 is 0 Å². The zero-order valence-electron chi connectivity index (χ0n) is 18.2. The van der Waals surface area contributed by atoms with E-state index in [1.165, 1.54) is 38.5 Å². The Bertz CT molecular complexity index is 407. The van der Waals surface area contributed by atoms with E-state index in [0.29, 0.717) is 5.57 Å². The van der Waals surface area contributed by atoms with Crippen LogP contribution in [0.25, 0.3) is 0 Å². The first-order valence-corrected chi connectivity index (χ1v) is 13.5. The third kappa shape index (κ3) is 12.8. The van der Waals surface area contributed by atoms with E-state index in [-0.39, 0.29) is 19.0 Å². The summed E-state index contributed by atoms with van der Waals surface area (Å²) < 4.78 is 11.3. The van der Waals surface area contributed by atoms with Gasteiger partial charge in [-0.1, -0.05) is 85.1 Å². The third-order valence-corrected chi connectivity index (χ3v) is 9.38. The first-order chi connectivity index (χ1) is 12.9. The van der Waals surface area contributed by atoms with Crippen LogP contribution in [0.4, 0.5) is 0 Å². The Morgan fingerprint density at radius 1 is 0.815 bits per heavy atom. The van der Waals surface area contributed by atoms with Crippen LogP contribution < -0.4 is 0 Å². The van der Waals surface area contributed by atoms with E-state index < -0.39 is 14.3 Å². The fourth-order valence-corrected chi connectivity index (χ4v) is 7.59. The van der Waals surface area contributed by atoms with Crippen LogP contribution in [0, 0.1) is 0 Å². The lowest BCUT2D eigenvalue weighted by molar-refractivity contribution is -0.142. The van der Waals surface area contributed by atoms with Crippen molar-refractivity contribution in [1.29, 1.82) is 0 Å². The molecule has 5 heteroatoms. The highest BCUT2D eigenvalue weighted by atomic mass is 28.4. The Morgan fingerprint density at radius 2 is 1.26 bits per heavy atom. The SMILES string of the molecule is C=C(C)C(=O)OCCC(=O)O[Si](CCCCC)(CCCCC)CCCCC. The summed E-state index contributed by atoms with van der Waals surface area (Å²) in [6.45, 7) is 11.9. The van der Waals surface area contributed by atoms with Gasteiger partial charge >= 0.3 is 5.97 Å². The summed E-state index contributed by atoms with van der Waals surface area (Å²) in [5, 5.41) is 0. The number of esters is 1. The maximum Gasteiger partial charge on any atom is 0.333 e. The number of hydrogen-bond acceptors (Lipinski definition) is 4. The first-order valence-electron chi connectivity index (χ1n) is 10.9. The van der Waals surface area contributed by atoms with Crippen LogP contribution in [0.2, 0.25) is 18.1 Å².